The van der Waals surface area contributed by atoms with Crippen molar-refractivity contribution in [2.24, 2.45) is 0 Å². The molecule has 4 heteroatoms. The van der Waals surface area contributed by atoms with Gasteiger partial charge < -0.3 is 14.8 Å². The van der Waals surface area contributed by atoms with Crippen molar-refractivity contribution in [3.8, 4) is 0 Å². The van der Waals surface area contributed by atoms with Crippen molar-refractivity contribution in [2.45, 2.75) is 38.2 Å². The summed E-state index contributed by atoms with van der Waals surface area (Å²) in [5.74, 6) is 2.87. The molecule has 1 rings (SSSR count). The highest BCUT2D eigenvalue weighted by Gasteiger charge is 2.04. The first-order chi connectivity index (χ1) is 7.76. The Morgan fingerprint density at radius 1 is 1.44 bits per heavy atom. The molecule has 16 heavy (non-hydrogen) atoms. The van der Waals surface area contributed by atoms with Gasteiger partial charge in [0.2, 0.25) is 0 Å². The van der Waals surface area contributed by atoms with Crippen LogP contribution in [0, 0.1) is 0 Å². The summed E-state index contributed by atoms with van der Waals surface area (Å²) in [5, 5.41) is 12.7. The number of aliphatic hydroxyl groups excluding tert-OH is 1. The van der Waals surface area contributed by atoms with Crippen LogP contribution in [0.25, 0.3) is 0 Å². The van der Waals surface area contributed by atoms with E-state index in [-0.39, 0.29) is 6.10 Å². The van der Waals surface area contributed by atoms with Gasteiger partial charge in [-0.15, -0.1) is 0 Å². The molecule has 1 atom stereocenters. The van der Waals surface area contributed by atoms with Crippen LogP contribution < -0.4 is 5.32 Å². The van der Waals surface area contributed by atoms with Gasteiger partial charge in [-0.05, 0) is 24.8 Å². The van der Waals surface area contributed by atoms with Crippen LogP contribution in [-0.4, -0.2) is 24.0 Å². The second-order valence-electron chi connectivity index (χ2n) is 3.87. The third kappa shape index (κ3) is 5.05. The summed E-state index contributed by atoms with van der Waals surface area (Å²) in [7, 11) is 0. The van der Waals surface area contributed by atoms with Crippen molar-refractivity contribution in [1.29, 1.82) is 0 Å². The normalized spacial score (nSPS) is 12.9. The lowest BCUT2D eigenvalue weighted by atomic mass is 10.2. The smallest absolute Gasteiger partial charge is 0.118 e. The minimum absolute atomic E-state index is 0.245. The van der Waals surface area contributed by atoms with Crippen molar-refractivity contribution in [3.63, 3.8) is 0 Å². The predicted molar refractivity (Wildman–Crippen MR) is 68.5 cm³/mol. The molecule has 1 aromatic heterocycles. The number of aliphatic hydroxyl groups is 1. The fourth-order valence-electron chi connectivity index (χ4n) is 1.53. The van der Waals surface area contributed by atoms with Gasteiger partial charge in [-0.1, -0.05) is 13.3 Å². The van der Waals surface area contributed by atoms with Gasteiger partial charge in [0, 0.05) is 6.54 Å². The van der Waals surface area contributed by atoms with Crippen LogP contribution in [0.15, 0.2) is 16.5 Å². The molecule has 1 unspecified atom stereocenters. The molecule has 0 radical (unpaired) electrons. The highest BCUT2D eigenvalue weighted by atomic mass is 32.2. The topological polar surface area (TPSA) is 45.4 Å². The molecular formula is C12H21NO2S. The van der Waals surface area contributed by atoms with E-state index >= 15 is 0 Å². The van der Waals surface area contributed by atoms with Crippen molar-refractivity contribution in [3.05, 3.63) is 23.7 Å². The molecule has 0 amide bonds. The summed E-state index contributed by atoms with van der Waals surface area (Å²) in [6.45, 7) is 3.39. The van der Waals surface area contributed by atoms with Gasteiger partial charge in [0.15, 0.2) is 0 Å². The lowest BCUT2D eigenvalue weighted by molar-refractivity contribution is 0.159. The maximum absolute atomic E-state index is 9.52. The average Bonchev–Trinajstić information content (AvgIpc) is 2.67. The lowest BCUT2D eigenvalue weighted by Gasteiger charge is -2.09. The van der Waals surface area contributed by atoms with Gasteiger partial charge in [-0.3, -0.25) is 0 Å². The second-order valence-corrected chi connectivity index (χ2v) is 4.74. The quantitative estimate of drug-likeness (QED) is 0.736. The molecule has 0 saturated carbocycles. The zero-order valence-electron chi connectivity index (χ0n) is 10.0. The maximum atomic E-state index is 9.52. The lowest BCUT2D eigenvalue weighted by Crippen LogP contribution is -2.25. The molecule has 3 nitrogen and oxygen atoms in total. The molecule has 0 saturated heterocycles. The van der Waals surface area contributed by atoms with Crippen LogP contribution in [0.3, 0.4) is 0 Å². The standard InChI is InChI=1S/C12H21NO2S/c1-3-4-10(14)7-13-8-11-5-6-12(15-11)9-16-2/h5-6,10,13-14H,3-4,7-9H2,1-2H3. The van der Waals surface area contributed by atoms with Crippen molar-refractivity contribution >= 4 is 11.8 Å². The molecule has 0 bridgehead atoms. The summed E-state index contributed by atoms with van der Waals surface area (Å²) < 4.78 is 5.60. The maximum Gasteiger partial charge on any atom is 0.118 e. The van der Waals surface area contributed by atoms with Crippen molar-refractivity contribution in [2.75, 3.05) is 12.8 Å². The number of rotatable bonds is 8. The average molecular weight is 243 g/mol. The van der Waals surface area contributed by atoms with Gasteiger partial charge in [0.1, 0.15) is 11.5 Å². The van der Waals surface area contributed by atoms with Gasteiger partial charge in [-0.25, -0.2) is 0 Å². The minimum atomic E-state index is -0.245. The fourth-order valence-corrected chi connectivity index (χ4v) is 1.97. The fraction of sp³-hybridized carbons (Fsp3) is 0.667. The van der Waals surface area contributed by atoms with Crippen LogP contribution in [0.1, 0.15) is 31.3 Å². The summed E-state index contributed by atoms with van der Waals surface area (Å²) in [6, 6.07) is 4.00. The monoisotopic (exact) mass is 243 g/mol. The molecule has 2 N–H and O–H groups in total. The van der Waals surface area contributed by atoms with E-state index in [2.05, 4.69) is 18.5 Å². The third-order valence-electron chi connectivity index (χ3n) is 2.30. The number of nitrogens with one attached hydrogen (secondary N) is 1. The van der Waals surface area contributed by atoms with Crippen molar-refractivity contribution in [1.82, 2.24) is 5.32 Å². The highest BCUT2D eigenvalue weighted by molar-refractivity contribution is 7.97. The Morgan fingerprint density at radius 2 is 2.19 bits per heavy atom. The molecular weight excluding hydrogens is 222 g/mol. The van der Waals surface area contributed by atoms with Gasteiger partial charge in [0.05, 0.1) is 18.4 Å². The summed E-state index contributed by atoms with van der Waals surface area (Å²) in [4.78, 5) is 0. The zero-order valence-corrected chi connectivity index (χ0v) is 10.8. The molecule has 92 valence electrons. The van der Waals surface area contributed by atoms with Crippen LogP contribution in [0.2, 0.25) is 0 Å². The Morgan fingerprint density at radius 3 is 2.88 bits per heavy atom. The molecule has 1 heterocycles. The first-order valence-electron chi connectivity index (χ1n) is 5.71. The predicted octanol–water partition coefficient (Wildman–Crippen LogP) is 2.39. The van der Waals surface area contributed by atoms with Crippen LogP contribution in [0.5, 0.6) is 0 Å². The number of furan rings is 1. The molecule has 1 aromatic rings. The highest BCUT2D eigenvalue weighted by Crippen LogP contribution is 2.13. The minimum Gasteiger partial charge on any atom is -0.464 e. The van der Waals surface area contributed by atoms with E-state index in [4.69, 9.17) is 4.42 Å². The Bertz CT molecular complexity index is 288. The van der Waals surface area contributed by atoms with Crippen LogP contribution in [-0.2, 0) is 12.3 Å². The van der Waals surface area contributed by atoms with Gasteiger partial charge in [0.25, 0.3) is 0 Å². The van der Waals surface area contributed by atoms with E-state index in [0.717, 1.165) is 30.1 Å². The van der Waals surface area contributed by atoms with Gasteiger partial charge in [-0.2, -0.15) is 11.8 Å². The summed E-state index contributed by atoms with van der Waals surface area (Å²) >= 11 is 1.75. The number of thioether (sulfide) groups is 1. The largest absolute Gasteiger partial charge is 0.464 e. The van der Waals surface area contributed by atoms with E-state index < -0.39 is 0 Å². The SMILES string of the molecule is CCCC(O)CNCc1ccc(CSC)o1. The number of hydrogen-bond acceptors (Lipinski definition) is 4. The van der Waals surface area contributed by atoms with E-state index in [1.54, 1.807) is 11.8 Å². The Labute approximate surface area is 102 Å². The molecule has 0 aromatic carbocycles. The van der Waals surface area contributed by atoms with Gasteiger partial charge >= 0.3 is 0 Å². The van der Waals surface area contributed by atoms with E-state index in [1.807, 2.05) is 12.1 Å². The molecule has 0 fully saturated rings. The molecule has 0 aliphatic rings. The second kappa shape index (κ2) is 7.76. The van der Waals surface area contributed by atoms with Crippen LogP contribution in [0.4, 0.5) is 0 Å². The first-order valence-corrected chi connectivity index (χ1v) is 7.11. The zero-order chi connectivity index (χ0) is 11.8. The molecule has 0 spiro atoms. The van der Waals surface area contributed by atoms with E-state index in [1.165, 1.54) is 0 Å². The van der Waals surface area contributed by atoms with E-state index in [0.29, 0.717) is 13.1 Å². The van der Waals surface area contributed by atoms with E-state index in [9.17, 15) is 5.11 Å². The Kier molecular flexibility index (Phi) is 6.61. The Hall–Kier alpha value is -0.450. The molecule has 0 aliphatic heterocycles. The molecule has 0 aliphatic carbocycles. The summed E-state index contributed by atoms with van der Waals surface area (Å²) in [5.41, 5.74) is 0. The first kappa shape index (κ1) is 13.6. The summed E-state index contributed by atoms with van der Waals surface area (Å²) in [6.07, 6.45) is 3.68. The van der Waals surface area contributed by atoms with Crippen molar-refractivity contribution < 1.29 is 9.52 Å². The third-order valence-corrected chi connectivity index (χ3v) is 2.88. The van der Waals surface area contributed by atoms with Crippen LogP contribution >= 0.6 is 11.8 Å². The number of hydrogen-bond donors (Lipinski definition) is 2. The Balaban J connectivity index is 2.21.